The van der Waals surface area contributed by atoms with Gasteiger partial charge in [-0.2, -0.15) is 0 Å². The van der Waals surface area contributed by atoms with E-state index in [1.807, 2.05) is 36.4 Å². The van der Waals surface area contributed by atoms with Crippen molar-refractivity contribution in [2.75, 3.05) is 18.0 Å². The summed E-state index contributed by atoms with van der Waals surface area (Å²) in [5, 5.41) is 12.6. The van der Waals surface area contributed by atoms with Gasteiger partial charge in [0.25, 0.3) is 5.91 Å². The van der Waals surface area contributed by atoms with Gasteiger partial charge < -0.3 is 15.3 Å². The highest BCUT2D eigenvalue weighted by Crippen LogP contribution is 2.22. The van der Waals surface area contributed by atoms with E-state index >= 15 is 0 Å². The number of rotatable bonds is 8. The summed E-state index contributed by atoms with van der Waals surface area (Å²) in [6, 6.07) is 21.8. The van der Waals surface area contributed by atoms with Crippen LogP contribution in [0.2, 0.25) is 0 Å². The molecule has 36 heavy (non-hydrogen) atoms. The SMILES string of the molecule is O=C(Cc1ccc(C(=O)c2ccc(C(=O)NC3CC3)cc2)cc1)c1ccc(N2CCC(O)CC2)cc1. The van der Waals surface area contributed by atoms with Gasteiger partial charge in [0.05, 0.1) is 6.10 Å². The third-order valence-electron chi connectivity index (χ3n) is 6.92. The Balaban J connectivity index is 1.17. The Hall–Kier alpha value is -3.77. The maximum Gasteiger partial charge on any atom is 0.251 e. The number of hydrogen-bond donors (Lipinski definition) is 2. The number of piperidine rings is 1. The molecule has 3 aromatic carbocycles. The number of aliphatic hydroxyl groups excluding tert-OH is 1. The van der Waals surface area contributed by atoms with Crippen LogP contribution in [0.15, 0.2) is 72.8 Å². The first-order chi connectivity index (χ1) is 17.5. The van der Waals surface area contributed by atoms with E-state index in [1.165, 1.54) is 0 Å². The fraction of sp³-hybridized carbons (Fsp3) is 0.300. The second-order valence-electron chi connectivity index (χ2n) is 9.72. The molecule has 0 bridgehead atoms. The molecular weight excluding hydrogens is 452 g/mol. The van der Waals surface area contributed by atoms with Crippen molar-refractivity contribution >= 4 is 23.2 Å². The number of anilines is 1. The number of ketones is 2. The van der Waals surface area contributed by atoms with Gasteiger partial charge in [0.15, 0.2) is 11.6 Å². The van der Waals surface area contributed by atoms with Gasteiger partial charge in [0, 0.05) is 53.5 Å². The minimum atomic E-state index is -0.214. The summed E-state index contributed by atoms with van der Waals surface area (Å²) in [5.74, 6) is -0.205. The van der Waals surface area contributed by atoms with Crippen LogP contribution in [0.25, 0.3) is 0 Å². The lowest BCUT2D eigenvalue weighted by Crippen LogP contribution is -2.35. The average Bonchev–Trinajstić information content (AvgIpc) is 3.73. The van der Waals surface area contributed by atoms with E-state index in [4.69, 9.17) is 0 Å². The highest BCUT2D eigenvalue weighted by Gasteiger charge is 2.24. The van der Waals surface area contributed by atoms with Gasteiger partial charge in [-0.05, 0) is 67.6 Å². The number of amides is 1. The lowest BCUT2D eigenvalue weighted by atomic mass is 9.98. The van der Waals surface area contributed by atoms with Gasteiger partial charge in [0.2, 0.25) is 0 Å². The Bertz CT molecular complexity index is 1240. The number of nitrogens with one attached hydrogen (secondary N) is 1. The standard InChI is InChI=1S/C30H30N2O4/c33-27-15-17-32(18-16-27)26-13-9-21(10-14-26)28(34)19-20-1-3-22(4-2-20)29(35)23-5-7-24(8-6-23)30(36)31-25-11-12-25/h1-10,13-14,25,27,33H,11-12,15-19H2,(H,31,36). The molecule has 1 saturated carbocycles. The van der Waals surface area contributed by atoms with Crippen molar-refractivity contribution in [1.29, 1.82) is 0 Å². The van der Waals surface area contributed by atoms with Crippen molar-refractivity contribution in [1.82, 2.24) is 5.32 Å². The third-order valence-corrected chi connectivity index (χ3v) is 6.92. The third kappa shape index (κ3) is 5.71. The summed E-state index contributed by atoms with van der Waals surface area (Å²) in [7, 11) is 0. The van der Waals surface area contributed by atoms with E-state index in [1.54, 1.807) is 36.4 Å². The second kappa shape index (κ2) is 10.5. The Morgan fingerprint density at radius 3 is 1.83 bits per heavy atom. The molecule has 184 valence electrons. The molecular formula is C30H30N2O4. The Labute approximate surface area is 211 Å². The summed E-state index contributed by atoms with van der Waals surface area (Å²) < 4.78 is 0. The predicted octanol–water partition coefficient (Wildman–Crippen LogP) is 4.20. The maximum absolute atomic E-state index is 12.9. The smallest absolute Gasteiger partial charge is 0.251 e. The topological polar surface area (TPSA) is 86.7 Å². The van der Waals surface area contributed by atoms with Crippen LogP contribution in [-0.2, 0) is 6.42 Å². The lowest BCUT2D eigenvalue weighted by Gasteiger charge is -2.31. The van der Waals surface area contributed by atoms with Crippen LogP contribution in [0.1, 0.15) is 67.9 Å². The fourth-order valence-corrected chi connectivity index (χ4v) is 4.48. The normalized spacial score (nSPS) is 16.0. The minimum absolute atomic E-state index is 0.0229. The number of nitrogens with zero attached hydrogens (tertiary/aromatic N) is 1. The van der Waals surface area contributed by atoms with Gasteiger partial charge >= 0.3 is 0 Å². The fourth-order valence-electron chi connectivity index (χ4n) is 4.48. The van der Waals surface area contributed by atoms with Crippen LogP contribution in [0.4, 0.5) is 5.69 Å². The van der Waals surface area contributed by atoms with Crippen LogP contribution >= 0.6 is 0 Å². The minimum Gasteiger partial charge on any atom is -0.393 e. The predicted molar refractivity (Wildman–Crippen MR) is 139 cm³/mol. The first-order valence-corrected chi connectivity index (χ1v) is 12.6. The van der Waals surface area contributed by atoms with E-state index in [9.17, 15) is 19.5 Å². The molecule has 0 unspecified atom stereocenters. The first-order valence-electron chi connectivity index (χ1n) is 12.6. The maximum atomic E-state index is 12.9. The van der Waals surface area contributed by atoms with Crippen LogP contribution in [0, 0.1) is 0 Å². The van der Waals surface area contributed by atoms with Gasteiger partial charge in [-0.25, -0.2) is 0 Å². The Morgan fingerprint density at radius 2 is 1.25 bits per heavy atom. The summed E-state index contributed by atoms with van der Waals surface area (Å²) in [6.07, 6.45) is 3.63. The van der Waals surface area contributed by atoms with Gasteiger partial charge in [-0.3, -0.25) is 14.4 Å². The number of carbonyl (C=O) groups excluding carboxylic acids is 3. The van der Waals surface area contributed by atoms with Crippen LogP contribution < -0.4 is 10.2 Å². The van der Waals surface area contributed by atoms with Crippen molar-refractivity contribution in [2.45, 2.75) is 44.2 Å². The number of Topliss-reactive ketones (excluding diaryl/α,β-unsaturated/α-hetero) is 1. The van der Waals surface area contributed by atoms with Gasteiger partial charge in [0.1, 0.15) is 0 Å². The molecule has 6 heteroatoms. The molecule has 1 heterocycles. The first kappa shape index (κ1) is 23.9. The van der Waals surface area contributed by atoms with E-state index in [2.05, 4.69) is 10.2 Å². The summed E-state index contributed by atoms with van der Waals surface area (Å²) in [4.78, 5) is 40.0. The van der Waals surface area contributed by atoms with E-state index in [-0.39, 0.29) is 30.0 Å². The molecule has 1 saturated heterocycles. The molecule has 6 nitrogen and oxygen atoms in total. The quantitative estimate of drug-likeness (QED) is 0.470. The molecule has 0 spiro atoms. The zero-order chi connectivity index (χ0) is 25.1. The Kier molecular flexibility index (Phi) is 6.96. The second-order valence-corrected chi connectivity index (χ2v) is 9.72. The molecule has 2 N–H and O–H groups in total. The lowest BCUT2D eigenvalue weighted by molar-refractivity contribution is 0.0948. The molecule has 2 aliphatic rings. The Morgan fingerprint density at radius 1 is 0.722 bits per heavy atom. The highest BCUT2D eigenvalue weighted by molar-refractivity contribution is 6.09. The summed E-state index contributed by atoms with van der Waals surface area (Å²) >= 11 is 0. The molecule has 5 rings (SSSR count). The molecule has 0 atom stereocenters. The van der Waals surface area contributed by atoms with E-state index < -0.39 is 0 Å². The summed E-state index contributed by atoms with van der Waals surface area (Å²) in [5.41, 5.74) is 4.18. The molecule has 0 aromatic heterocycles. The van der Waals surface area contributed by atoms with Crippen molar-refractivity contribution in [2.24, 2.45) is 0 Å². The number of benzene rings is 3. The summed E-state index contributed by atoms with van der Waals surface area (Å²) in [6.45, 7) is 1.64. The number of carbonyl (C=O) groups is 3. The monoisotopic (exact) mass is 482 g/mol. The van der Waals surface area contributed by atoms with Gasteiger partial charge in [-0.1, -0.05) is 36.4 Å². The van der Waals surface area contributed by atoms with E-state index in [0.29, 0.717) is 28.3 Å². The zero-order valence-electron chi connectivity index (χ0n) is 20.2. The number of hydrogen-bond acceptors (Lipinski definition) is 5. The molecule has 2 fully saturated rings. The van der Waals surface area contributed by atoms with Crippen molar-refractivity contribution in [3.05, 3.63) is 101 Å². The molecule has 1 aliphatic carbocycles. The molecule has 3 aromatic rings. The zero-order valence-corrected chi connectivity index (χ0v) is 20.2. The highest BCUT2D eigenvalue weighted by atomic mass is 16.3. The van der Waals surface area contributed by atoms with Crippen LogP contribution in [-0.4, -0.2) is 47.8 Å². The van der Waals surface area contributed by atoms with Crippen molar-refractivity contribution in [3.8, 4) is 0 Å². The van der Waals surface area contributed by atoms with Gasteiger partial charge in [-0.15, -0.1) is 0 Å². The molecule has 1 amide bonds. The van der Waals surface area contributed by atoms with E-state index in [0.717, 1.165) is 50.0 Å². The van der Waals surface area contributed by atoms with Crippen molar-refractivity contribution < 1.29 is 19.5 Å². The largest absolute Gasteiger partial charge is 0.393 e. The van der Waals surface area contributed by atoms with Crippen molar-refractivity contribution in [3.63, 3.8) is 0 Å². The number of aliphatic hydroxyl groups is 1. The molecule has 1 aliphatic heterocycles. The average molecular weight is 483 g/mol. The van der Waals surface area contributed by atoms with Crippen LogP contribution in [0.5, 0.6) is 0 Å². The van der Waals surface area contributed by atoms with Crippen LogP contribution in [0.3, 0.4) is 0 Å². The molecule has 0 radical (unpaired) electrons.